The molecule has 4 rings (SSSR count). The normalized spacial score (nSPS) is 10.7. The molecular formula is C25H28N8OS2. The Hall–Kier alpha value is -3.70. The highest BCUT2D eigenvalue weighted by molar-refractivity contribution is 7.98. The first kappa shape index (κ1) is 25.4. The molecule has 0 aliphatic rings. The van der Waals surface area contributed by atoms with Crippen molar-refractivity contribution in [3.8, 4) is 5.88 Å². The van der Waals surface area contributed by atoms with E-state index in [2.05, 4.69) is 36.3 Å². The largest absolute Gasteiger partial charge is 0.472 e. The summed E-state index contributed by atoms with van der Waals surface area (Å²) in [6.45, 7) is 3.11. The van der Waals surface area contributed by atoms with Gasteiger partial charge in [0.2, 0.25) is 17.0 Å². The lowest BCUT2D eigenvalue weighted by Gasteiger charge is -2.13. The molecule has 4 aromatic rings. The van der Waals surface area contributed by atoms with Crippen LogP contribution in [0.15, 0.2) is 65.2 Å². The molecule has 5 N–H and O–H groups in total. The number of nitrogens with two attached hydrogens (primary N) is 2. The maximum atomic E-state index is 6.12. The van der Waals surface area contributed by atoms with Gasteiger partial charge in [0.25, 0.3) is 0 Å². The molecule has 1 aromatic carbocycles. The van der Waals surface area contributed by atoms with Crippen molar-refractivity contribution in [2.45, 2.75) is 25.7 Å². The lowest BCUT2D eigenvalue weighted by molar-refractivity contribution is 0.290. The lowest BCUT2D eigenvalue weighted by atomic mass is 10.1. The minimum absolute atomic E-state index is 0.0152. The maximum Gasteiger partial charge on any atom is 0.225 e. The van der Waals surface area contributed by atoms with E-state index < -0.39 is 0 Å². The van der Waals surface area contributed by atoms with Crippen LogP contribution in [0, 0.1) is 6.92 Å². The summed E-state index contributed by atoms with van der Waals surface area (Å²) in [6, 6.07) is 14.1. The van der Waals surface area contributed by atoms with Crippen molar-refractivity contribution >= 4 is 40.1 Å². The first-order valence-corrected chi connectivity index (χ1v) is 13.4. The Morgan fingerprint density at radius 1 is 1.06 bits per heavy atom. The van der Waals surface area contributed by atoms with Gasteiger partial charge < -0.3 is 21.5 Å². The summed E-state index contributed by atoms with van der Waals surface area (Å²) in [5, 5.41) is 5.82. The Morgan fingerprint density at radius 2 is 1.92 bits per heavy atom. The molecular weight excluding hydrogens is 492 g/mol. The highest BCUT2D eigenvalue weighted by Gasteiger charge is 2.11. The summed E-state index contributed by atoms with van der Waals surface area (Å²) in [5.41, 5.74) is 15.8. The van der Waals surface area contributed by atoms with Crippen LogP contribution in [-0.4, -0.2) is 38.2 Å². The second-order valence-electron chi connectivity index (χ2n) is 7.92. The molecule has 0 saturated heterocycles. The van der Waals surface area contributed by atoms with Gasteiger partial charge in [-0.3, -0.25) is 4.98 Å². The van der Waals surface area contributed by atoms with Gasteiger partial charge in [-0.05, 0) is 24.1 Å². The molecule has 0 aliphatic carbocycles. The minimum Gasteiger partial charge on any atom is -0.472 e. The molecule has 11 heteroatoms. The van der Waals surface area contributed by atoms with Gasteiger partial charge in [-0.2, -0.15) is 21.7 Å². The van der Waals surface area contributed by atoms with E-state index in [1.807, 2.05) is 61.1 Å². The number of aryl methyl sites for hydroxylation is 1. The van der Waals surface area contributed by atoms with Crippen LogP contribution in [0.3, 0.4) is 0 Å². The molecule has 0 aliphatic heterocycles. The highest BCUT2D eigenvalue weighted by Crippen LogP contribution is 2.23. The summed E-state index contributed by atoms with van der Waals surface area (Å²) >= 11 is 3.17. The molecule has 0 atom stereocenters. The fourth-order valence-electron chi connectivity index (χ4n) is 3.21. The number of nitrogens with one attached hydrogen (secondary N) is 1. The van der Waals surface area contributed by atoms with Gasteiger partial charge in [-0.1, -0.05) is 36.4 Å². The number of benzene rings is 1. The average molecular weight is 521 g/mol. The molecule has 3 aromatic heterocycles. The topological polar surface area (TPSA) is 137 Å². The number of hydrogen-bond donors (Lipinski definition) is 3. The number of hydrogen-bond acceptors (Lipinski definition) is 9. The van der Waals surface area contributed by atoms with Gasteiger partial charge in [-0.25, -0.2) is 9.97 Å². The quantitative estimate of drug-likeness (QED) is 0.143. The van der Waals surface area contributed by atoms with E-state index >= 15 is 0 Å². The number of pyridine rings is 1. The van der Waals surface area contributed by atoms with Crippen LogP contribution in [0.2, 0.25) is 0 Å². The van der Waals surface area contributed by atoms with Gasteiger partial charge in [0.15, 0.2) is 5.96 Å². The standard InChI is InChI=1S/C25H28N8OS2/c1-17-7-8-19(12-29-17)11-20-13-30-24(32-22(20)34-14-18-5-3-2-4-6-18)28-9-10-35-15-21-16-36-25(31-21)33-23(26)27/h2-8,12-13,16H,9-11,14-15H2,1H3,(H,28,30,32)(H4,26,27,31,33). The first-order valence-electron chi connectivity index (χ1n) is 11.3. The molecule has 186 valence electrons. The van der Waals surface area contributed by atoms with E-state index in [0.717, 1.165) is 39.6 Å². The Bertz CT molecular complexity index is 1270. The Balaban J connectivity index is 1.34. The summed E-state index contributed by atoms with van der Waals surface area (Å²) in [4.78, 5) is 21.9. The smallest absolute Gasteiger partial charge is 0.225 e. The van der Waals surface area contributed by atoms with Crippen LogP contribution >= 0.6 is 23.1 Å². The van der Waals surface area contributed by atoms with E-state index in [4.69, 9.17) is 16.2 Å². The zero-order valence-electron chi connectivity index (χ0n) is 19.9. The number of aliphatic imine (C=N–C) groups is 1. The molecule has 0 amide bonds. The third-order valence-electron chi connectivity index (χ3n) is 4.95. The van der Waals surface area contributed by atoms with Gasteiger partial charge in [0.05, 0.1) is 5.69 Å². The summed E-state index contributed by atoms with van der Waals surface area (Å²) in [6.07, 6.45) is 4.34. The molecule has 0 spiro atoms. The van der Waals surface area contributed by atoms with Crippen molar-refractivity contribution in [3.63, 3.8) is 0 Å². The van der Waals surface area contributed by atoms with Crippen LogP contribution in [0.4, 0.5) is 11.1 Å². The number of nitrogens with zero attached hydrogens (tertiary/aromatic N) is 5. The predicted octanol–water partition coefficient (Wildman–Crippen LogP) is 4.06. The predicted molar refractivity (Wildman–Crippen MR) is 147 cm³/mol. The van der Waals surface area contributed by atoms with Crippen molar-refractivity contribution in [1.29, 1.82) is 0 Å². The molecule has 36 heavy (non-hydrogen) atoms. The second-order valence-corrected chi connectivity index (χ2v) is 9.86. The monoisotopic (exact) mass is 520 g/mol. The van der Waals surface area contributed by atoms with Crippen LogP contribution in [0.5, 0.6) is 5.88 Å². The summed E-state index contributed by atoms with van der Waals surface area (Å²) < 4.78 is 6.12. The van der Waals surface area contributed by atoms with Crippen molar-refractivity contribution in [2.24, 2.45) is 16.5 Å². The number of guanidine groups is 1. The number of anilines is 1. The lowest BCUT2D eigenvalue weighted by Crippen LogP contribution is -2.21. The Labute approximate surface area is 218 Å². The number of aromatic nitrogens is 4. The molecule has 0 saturated carbocycles. The molecule has 0 radical (unpaired) electrons. The van der Waals surface area contributed by atoms with E-state index in [1.54, 1.807) is 11.8 Å². The fraction of sp³-hybridized carbons (Fsp3) is 0.240. The number of ether oxygens (including phenoxy) is 1. The summed E-state index contributed by atoms with van der Waals surface area (Å²) in [5.74, 6) is 2.75. The van der Waals surface area contributed by atoms with Crippen molar-refractivity contribution < 1.29 is 4.74 Å². The first-order chi connectivity index (χ1) is 17.5. The van der Waals surface area contributed by atoms with Crippen LogP contribution in [0.1, 0.15) is 28.1 Å². The molecule has 0 fully saturated rings. The number of rotatable bonds is 12. The second kappa shape index (κ2) is 12.8. The number of thiazole rings is 1. The SMILES string of the molecule is Cc1ccc(Cc2cnc(NCCSCc3csc(N=C(N)N)n3)nc2OCc2ccccc2)cn1. The van der Waals surface area contributed by atoms with Crippen LogP contribution in [0.25, 0.3) is 0 Å². The third kappa shape index (κ3) is 7.92. The highest BCUT2D eigenvalue weighted by atomic mass is 32.2. The summed E-state index contributed by atoms with van der Waals surface area (Å²) in [7, 11) is 0. The molecule has 3 heterocycles. The van der Waals surface area contributed by atoms with E-state index in [9.17, 15) is 0 Å². The van der Waals surface area contributed by atoms with E-state index in [0.29, 0.717) is 36.5 Å². The zero-order valence-corrected chi connectivity index (χ0v) is 21.6. The zero-order chi connectivity index (χ0) is 25.2. The minimum atomic E-state index is 0.0152. The van der Waals surface area contributed by atoms with Crippen molar-refractivity contribution in [2.75, 3.05) is 17.6 Å². The van der Waals surface area contributed by atoms with Gasteiger partial charge in [-0.15, -0.1) is 11.3 Å². The maximum absolute atomic E-state index is 6.12. The fourth-order valence-corrected chi connectivity index (χ4v) is 4.77. The Kier molecular flexibility index (Phi) is 9.06. The van der Waals surface area contributed by atoms with Crippen LogP contribution < -0.4 is 21.5 Å². The van der Waals surface area contributed by atoms with Crippen molar-refractivity contribution in [3.05, 3.63) is 88.3 Å². The van der Waals surface area contributed by atoms with Gasteiger partial charge in [0, 0.05) is 53.5 Å². The molecule has 0 unspecified atom stereocenters. The van der Waals surface area contributed by atoms with Crippen LogP contribution in [-0.2, 0) is 18.8 Å². The molecule has 0 bridgehead atoms. The van der Waals surface area contributed by atoms with E-state index in [-0.39, 0.29) is 5.96 Å². The van der Waals surface area contributed by atoms with E-state index in [1.165, 1.54) is 11.3 Å². The Morgan fingerprint density at radius 3 is 2.69 bits per heavy atom. The number of thioether (sulfide) groups is 1. The average Bonchev–Trinajstić information content (AvgIpc) is 3.32. The van der Waals surface area contributed by atoms with Gasteiger partial charge in [0.1, 0.15) is 6.61 Å². The van der Waals surface area contributed by atoms with Gasteiger partial charge >= 0.3 is 0 Å². The third-order valence-corrected chi connectivity index (χ3v) is 6.73. The molecule has 9 nitrogen and oxygen atoms in total. The van der Waals surface area contributed by atoms with Crippen molar-refractivity contribution in [1.82, 2.24) is 19.9 Å².